The van der Waals surface area contributed by atoms with E-state index in [2.05, 4.69) is 32.6 Å². The van der Waals surface area contributed by atoms with E-state index in [-0.39, 0.29) is 18.5 Å². The SMILES string of the molecule is CCCCCCCCC(CCCCCC)CCOC(=O)CCCCCCN(CCCCCO)CC(O)CCCCC(=O)OCCC(CCCCCC)CCCCCCCC. The van der Waals surface area contributed by atoms with Gasteiger partial charge in [0.25, 0.3) is 0 Å². The number of aliphatic hydroxyl groups is 2. The first kappa shape index (κ1) is 58.8. The predicted molar refractivity (Wildman–Crippen MR) is 257 cm³/mol. The third kappa shape index (κ3) is 42.1. The minimum atomic E-state index is -0.411. The molecule has 0 aromatic carbocycles. The molecule has 0 spiro atoms. The van der Waals surface area contributed by atoms with Crippen LogP contribution in [-0.2, 0) is 19.1 Å². The molecule has 3 atom stereocenters. The summed E-state index contributed by atoms with van der Waals surface area (Å²) in [5, 5.41) is 20.2. The van der Waals surface area contributed by atoms with Gasteiger partial charge >= 0.3 is 11.9 Å². The molecule has 0 heterocycles. The van der Waals surface area contributed by atoms with Crippen LogP contribution in [0.4, 0.5) is 0 Å². The summed E-state index contributed by atoms with van der Waals surface area (Å²) in [6.45, 7) is 12.9. The van der Waals surface area contributed by atoms with Crippen molar-refractivity contribution in [2.75, 3.05) is 39.5 Å². The van der Waals surface area contributed by atoms with Gasteiger partial charge < -0.3 is 24.6 Å². The van der Waals surface area contributed by atoms with Gasteiger partial charge in [-0.3, -0.25) is 9.59 Å². The van der Waals surface area contributed by atoms with Crippen LogP contribution in [0.3, 0.4) is 0 Å². The van der Waals surface area contributed by atoms with Crippen LogP contribution in [0, 0.1) is 11.8 Å². The fourth-order valence-electron chi connectivity index (χ4n) is 8.75. The Hall–Kier alpha value is -1.18. The monoisotopic (exact) mass is 852 g/mol. The van der Waals surface area contributed by atoms with Gasteiger partial charge in [0.05, 0.1) is 19.3 Å². The minimum Gasteiger partial charge on any atom is -0.466 e. The molecule has 0 aromatic heterocycles. The standard InChI is InChI=1S/C53H105NO6/c1-5-9-13-17-19-26-36-49(34-24-15-11-7-3)41-46-59-52(57)39-28-21-22-31-43-54(44-32-23-33-45-55)48-51(56)38-29-30-40-53(58)60-47-42-50(35-25-16-12-8-4)37-27-20-18-14-10-6-2/h49-51,55-56H,5-48H2,1-4H3. The van der Waals surface area contributed by atoms with Gasteiger partial charge in [0.2, 0.25) is 0 Å². The molecule has 0 radical (unpaired) electrons. The average molecular weight is 852 g/mol. The molecule has 0 bridgehead atoms. The van der Waals surface area contributed by atoms with E-state index >= 15 is 0 Å². The van der Waals surface area contributed by atoms with Gasteiger partial charge in [0.1, 0.15) is 0 Å². The van der Waals surface area contributed by atoms with E-state index in [1.807, 2.05) is 0 Å². The summed E-state index contributed by atoms with van der Waals surface area (Å²) < 4.78 is 11.4. The van der Waals surface area contributed by atoms with Crippen LogP contribution >= 0.6 is 0 Å². The highest BCUT2D eigenvalue weighted by Gasteiger charge is 2.15. The summed E-state index contributed by atoms with van der Waals surface area (Å²) >= 11 is 0. The summed E-state index contributed by atoms with van der Waals surface area (Å²) in [7, 11) is 0. The highest BCUT2D eigenvalue weighted by atomic mass is 16.5. The largest absolute Gasteiger partial charge is 0.466 e. The fraction of sp³-hybridized carbons (Fsp3) is 0.962. The van der Waals surface area contributed by atoms with E-state index in [0.29, 0.717) is 50.9 Å². The van der Waals surface area contributed by atoms with Crippen molar-refractivity contribution in [3.63, 3.8) is 0 Å². The van der Waals surface area contributed by atoms with Crippen LogP contribution in [0.15, 0.2) is 0 Å². The molecular formula is C53H105NO6. The number of hydrogen-bond donors (Lipinski definition) is 2. The zero-order chi connectivity index (χ0) is 44.0. The molecule has 0 aliphatic carbocycles. The second-order valence-electron chi connectivity index (χ2n) is 18.7. The average Bonchev–Trinajstić information content (AvgIpc) is 3.24. The Bertz CT molecular complexity index is 885. The molecule has 7 heteroatoms. The van der Waals surface area contributed by atoms with Gasteiger partial charge in [-0.25, -0.2) is 0 Å². The molecule has 0 amide bonds. The van der Waals surface area contributed by atoms with Gasteiger partial charge in [0, 0.05) is 26.0 Å². The van der Waals surface area contributed by atoms with Crippen molar-refractivity contribution in [2.45, 2.75) is 278 Å². The molecule has 358 valence electrons. The normalized spacial score (nSPS) is 13.2. The Morgan fingerprint density at radius 1 is 0.417 bits per heavy atom. The molecule has 0 rings (SSSR count). The molecule has 7 nitrogen and oxygen atoms in total. The van der Waals surface area contributed by atoms with Crippen LogP contribution < -0.4 is 0 Å². The van der Waals surface area contributed by atoms with Crippen molar-refractivity contribution >= 4 is 11.9 Å². The summed E-state index contributed by atoms with van der Waals surface area (Å²) in [6, 6.07) is 0. The topological polar surface area (TPSA) is 96.3 Å². The summed E-state index contributed by atoms with van der Waals surface area (Å²) in [5.74, 6) is 1.23. The molecule has 0 aromatic rings. The maximum Gasteiger partial charge on any atom is 0.305 e. The van der Waals surface area contributed by atoms with E-state index in [0.717, 1.165) is 83.7 Å². The smallest absolute Gasteiger partial charge is 0.305 e. The van der Waals surface area contributed by atoms with E-state index in [1.165, 1.54) is 154 Å². The molecule has 0 saturated heterocycles. The van der Waals surface area contributed by atoms with Gasteiger partial charge in [-0.05, 0) is 82.7 Å². The lowest BCUT2D eigenvalue weighted by Crippen LogP contribution is -2.34. The first-order chi connectivity index (χ1) is 29.4. The zero-order valence-corrected chi connectivity index (χ0v) is 40.8. The van der Waals surface area contributed by atoms with Crippen LogP contribution in [0.1, 0.15) is 272 Å². The Morgan fingerprint density at radius 2 is 0.750 bits per heavy atom. The van der Waals surface area contributed by atoms with Crippen molar-refractivity contribution in [3.8, 4) is 0 Å². The van der Waals surface area contributed by atoms with Crippen molar-refractivity contribution in [2.24, 2.45) is 11.8 Å². The predicted octanol–water partition coefficient (Wildman–Crippen LogP) is 14.9. The van der Waals surface area contributed by atoms with Crippen LogP contribution in [0.2, 0.25) is 0 Å². The number of aliphatic hydroxyl groups excluding tert-OH is 2. The molecule has 3 unspecified atom stereocenters. The van der Waals surface area contributed by atoms with Crippen LogP contribution in [0.5, 0.6) is 0 Å². The molecule has 2 N–H and O–H groups in total. The molecule has 60 heavy (non-hydrogen) atoms. The van der Waals surface area contributed by atoms with Gasteiger partial charge in [0.15, 0.2) is 0 Å². The summed E-state index contributed by atoms with van der Waals surface area (Å²) in [4.78, 5) is 27.5. The lowest BCUT2D eigenvalue weighted by atomic mass is 9.92. The maximum atomic E-state index is 12.6. The van der Waals surface area contributed by atoms with E-state index in [4.69, 9.17) is 9.47 Å². The first-order valence-corrected chi connectivity index (χ1v) is 26.7. The maximum absolute atomic E-state index is 12.6. The van der Waals surface area contributed by atoms with Crippen LogP contribution in [0.25, 0.3) is 0 Å². The second kappa shape index (κ2) is 47.3. The highest BCUT2D eigenvalue weighted by molar-refractivity contribution is 5.69. The molecular weight excluding hydrogens is 747 g/mol. The number of ether oxygens (including phenoxy) is 2. The number of esters is 2. The molecule has 0 aliphatic rings. The fourth-order valence-corrected chi connectivity index (χ4v) is 8.75. The quantitative estimate of drug-likeness (QED) is 0.0465. The number of hydrogen-bond acceptors (Lipinski definition) is 7. The van der Waals surface area contributed by atoms with Crippen molar-refractivity contribution in [3.05, 3.63) is 0 Å². The number of nitrogens with zero attached hydrogens (tertiary/aromatic N) is 1. The third-order valence-corrected chi connectivity index (χ3v) is 12.8. The van der Waals surface area contributed by atoms with Crippen molar-refractivity contribution in [1.29, 1.82) is 0 Å². The molecule has 0 fully saturated rings. The highest BCUT2D eigenvalue weighted by Crippen LogP contribution is 2.24. The number of carbonyl (C=O) groups excluding carboxylic acids is 2. The summed E-state index contributed by atoms with van der Waals surface area (Å²) in [5.41, 5.74) is 0. The number of carbonyl (C=O) groups is 2. The summed E-state index contributed by atoms with van der Waals surface area (Å²) in [6.07, 6.45) is 43.1. The molecule has 0 aliphatic heterocycles. The Kier molecular flexibility index (Phi) is 46.4. The van der Waals surface area contributed by atoms with Crippen molar-refractivity contribution in [1.82, 2.24) is 4.90 Å². The van der Waals surface area contributed by atoms with E-state index < -0.39 is 6.10 Å². The van der Waals surface area contributed by atoms with Gasteiger partial charge in [-0.2, -0.15) is 0 Å². The lowest BCUT2D eigenvalue weighted by molar-refractivity contribution is -0.145. The molecule has 0 saturated carbocycles. The first-order valence-electron chi connectivity index (χ1n) is 26.7. The minimum absolute atomic E-state index is 0.0400. The zero-order valence-electron chi connectivity index (χ0n) is 40.8. The van der Waals surface area contributed by atoms with Crippen LogP contribution in [-0.4, -0.2) is 72.6 Å². The van der Waals surface area contributed by atoms with Crippen molar-refractivity contribution < 1.29 is 29.3 Å². The van der Waals surface area contributed by atoms with E-state index in [9.17, 15) is 19.8 Å². The number of rotatable bonds is 49. The number of unbranched alkanes of at least 4 members (excludes halogenated alkanes) is 22. The second-order valence-corrected chi connectivity index (χ2v) is 18.7. The Labute approximate surface area is 374 Å². The Balaban J connectivity index is 4.41. The van der Waals surface area contributed by atoms with Gasteiger partial charge in [-0.1, -0.05) is 201 Å². The lowest BCUT2D eigenvalue weighted by Gasteiger charge is -2.25. The Morgan fingerprint density at radius 3 is 1.18 bits per heavy atom. The third-order valence-electron chi connectivity index (χ3n) is 12.8. The van der Waals surface area contributed by atoms with E-state index in [1.54, 1.807) is 0 Å². The van der Waals surface area contributed by atoms with Gasteiger partial charge in [-0.15, -0.1) is 0 Å².